The fraction of sp³-hybridized carbons (Fsp3) is 0.429. The van der Waals surface area contributed by atoms with E-state index in [1.54, 1.807) is 13.2 Å². The van der Waals surface area contributed by atoms with Crippen LogP contribution in [0.5, 0.6) is 0 Å². The summed E-state index contributed by atoms with van der Waals surface area (Å²) in [6.07, 6.45) is 4.04. The number of nitrogens with zero attached hydrogens (tertiary/aromatic N) is 1. The van der Waals surface area contributed by atoms with Crippen molar-refractivity contribution in [3.8, 4) is 0 Å². The molecule has 0 aliphatic rings. The van der Waals surface area contributed by atoms with Gasteiger partial charge in [-0.05, 0) is 12.2 Å². The molecule has 0 saturated carbocycles. The van der Waals surface area contributed by atoms with E-state index >= 15 is 0 Å². The van der Waals surface area contributed by atoms with Crippen LogP contribution < -0.4 is 5.32 Å². The maximum Gasteiger partial charge on any atom is 0.221 e. The minimum Gasteiger partial charge on any atom is -0.359 e. The van der Waals surface area contributed by atoms with Gasteiger partial charge >= 0.3 is 0 Å². The molecule has 0 aliphatic heterocycles. The fourth-order valence-electron chi connectivity index (χ4n) is 0.872. The molecule has 0 aliphatic carbocycles. The third kappa shape index (κ3) is 2.20. The van der Waals surface area contributed by atoms with Gasteiger partial charge in [-0.2, -0.15) is 0 Å². The normalized spacial score (nSPS) is 9.75. The first-order valence-electron chi connectivity index (χ1n) is 3.68. The van der Waals surface area contributed by atoms with Gasteiger partial charge in [-0.25, -0.2) is 0 Å². The smallest absolute Gasteiger partial charge is 0.221 e. The van der Waals surface area contributed by atoms with E-state index in [0.717, 1.165) is 0 Å². The summed E-state index contributed by atoms with van der Waals surface area (Å²) in [6.45, 7) is 0.627. The Morgan fingerprint density at radius 3 is 3.08 bits per heavy atom. The van der Waals surface area contributed by atoms with Crippen LogP contribution in [0, 0.1) is 4.77 Å². The molecule has 0 radical (unpaired) electrons. The highest BCUT2D eigenvalue weighted by Gasteiger charge is 1.98. The van der Waals surface area contributed by atoms with Gasteiger partial charge in [0.1, 0.15) is 0 Å². The van der Waals surface area contributed by atoms with Crippen molar-refractivity contribution < 1.29 is 4.79 Å². The lowest BCUT2D eigenvalue weighted by Gasteiger charge is -2.00. The molecule has 12 heavy (non-hydrogen) atoms. The van der Waals surface area contributed by atoms with Gasteiger partial charge in [-0.15, -0.1) is 0 Å². The number of aryl methyl sites for hydroxylation is 1. The topological polar surface area (TPSA) is 49.8 Å². The minimum atomic E-state index is 0.0260. The van der Waals surface area contributed by atoms with Gasteiger partial charge in [-0.3, -0.25) is 4.79 Å². The summed E-state index contributed by atoms with van der Waals surface area (Å²) in [5, 5.41) is 2.55. The van der Waals surface area contributed by atoms with Crippen LogP contribution in [-0.4, -0.2) is 22.5 Å². The first kappa shape index (κ1) is 8.99. The Morgan fingerprint density at radius 2 is 2.58 bits per heavy atom. The molecule has 1 rings (SSSR count). The average molecular weight is 185 g/mol. The van der Waals surface area contributed by atoms with E-state index in [1.807, 2.05) is 10.8 Å². The molecule has 66 valence electrons. The summed E-state index contributed by atoms with van der Waals surface area (Å²) in [5.41, 5.74) is 0. The van der Waals surface area contributed by atoms with Crippen molar-refractivity contribution in [3.63, 3.8) is 0 Å². The Labute approximate surface area is 75.6 Å². The largest absolute Gasteiger partial charge is 0.359 e. The lowest BCUT2D eigenvalue weighted by atomic mass is 10.4. The Morgan fingerprint density at radius 1 is 1.83 bits per heavy atom. The molecule has 1 aromatic heterocycles. The van der Waals surface area contributed by atoms with Gasteiger partial charge in [0.05, 0.1) is 0 Å². The number of nitrogens with one attached hydrogen (secondary N) is 2. The van der Waals surface area contributed by atoms with Crippen molar-refractivity contribution in [3.05, 3.63) is 17.2 Å². The second-order valence-electron chi connectivity index (χ2n) is 2.38. The van der Waals surface area contributed by atoms with Crippen LogP contribution in [0.3, 0.4) is 0 Å². The Bertz CT molecular complexity index is 314. The predicted octanol–water partition coefficient (Wildman–Crippen LogP) is 0.682. The van der Waals surface area contributed by atoms with Crippen molar-refractivity contribution in [1.29, 1.82) is 0 Å². The molecule has 0 aromatic carbocycles. The maximum atomic E-state index is 10.8. The van der Waals surface area contributed by atoms with Crippen molar-refractivity contribution in [1.82, 2.24) is 14.9 Å². The van der Waals surface area contributed by atoms with Crippen LogP contribution in [0.2, 0.25) is 0 Å². The van der Waals surface area contributed by atoms with Crippen LogP contribution in [0.1, 0.15) is 6.42 Å². The highest BCUT2D eigenvalue weighted by molar-refractivity contribution is 7.71. The van der Waals surface area contributed by atoms with Crippen LogP contribution >= 0.6 is 12.2 Å². The lowest BCUT2D eigenvalue weighted by Crippen LogP contribution is -2.19. The summed E-state index contributed by atoms with van der Waals surface area (Å²) >= 11 is 4.95. The number of hydrogen-bond donors (Lipinski definition) is 2. The Hall–Kier alpha value is -1.10. The molecule has 1 aromatic rings. The molecule has 0 unspecified atom stereocenters. The van der Waals surface area contributed by atoms with Gasteiger partial charge in [0.15, 0.2) is 4.77 Å². The SMILES string of the molecule is CNC(=O)CCn1cc[nH]c1=S. The molecule has 0 saturated heterocycles. The zero-order valence-electron chi connectivity index (χ0n) is 6.83. The van der Waals surface area contributed by atoms with E-state index in [4.69, 9.17) is 12.2 Å². The van der Waals surface area contributed by atoms with E-state index in [2.05, 4.69) is 10.3 Å². The quantitative estimate of drug-likeness (QED) is 0.680. The summed E-state index contributed by atoms with van der Waals surface area (Å²) in [4.78, 5) is 13.7. The van der Waals surface area contributed by atoms with Crippen LogP contribution in [0.25, 0.3) is 0 Å². The molecular formula is C7H11N3OS. The number of carbonyl (C=O) groups is 1. The van der Waals surface area contributed by atoms with Crippen molar-refractivity contribution in [2.45, 2.75) is 13.0 Å². The highest BCUT2D eigenvalue weighted by Crippen LogP contribution is 1.93. The first-order valence-corrected chi connectivity index (χ1v) is 4.09. The zero-order chi connectivity index (χ0) is 8.97. The minimum absolute atomic E-state index is 0.0260. The molecule has 0 atom stereocenters. The highest BCUT2D eigenvalue weighted by atomic mass is 32.1. The summed E-state index contributed by atoms with van der Waals surface area (Å²) in [5.74, 6) is 0.0260. The lowest BCUT2D eigenvalue weighted by molar-refractivity contribution is -0.120. The van der Waals surface area contributed by atoms with Gasteiger partial charge in [0.2, 0.25) is 5.91 Å². The molecule has 0 fully saturated rings. The Balaban J connectivity index is 2.49. The first-order chi connectivity index (χ1) is 5.74. The Kier molecular flexibility index (Phi) is 3.04. The number of rotatable bonds is 3. The third-order valence-electron chi connectivity index (χ3n) is 1.58. The summed E-state index contributed by atoms with van der Waals surface area (Å²) < 4.78 is 2.48. The molecule has 0 bridgehead atoms. The van der Waals surface area contributed by atoms with Crippen molar-refractivity contribution in [2.75, 3.05) is 7.05 Å². The molecule has 1 heterocycles. The van der Waals surface area contributed by atoms with Gasteiger partial charge in [-0.1, -0.05) is 0 Å². The van der Waals surface area contributed by atoms with Crippen molar-refractivity contribution >= 4 is 18.1 Å². The third-order valence-corrected chi connectivity index (χ3v) is 1.93. The summed E-state index contributed by atoms with van der Waals surface area (Å²) in [6, 6.07) is 0. The number of H-pyrrole nitrogens is 1. The number of aromatic amines is 1. The molecule has 2 N–H and O–H groups in total. The number of imidazole rings is 1. The van der Waals surface area contributed by atoms with Crippen LogP contribution in [0.4, 0.5) is 0 Å². The van der Waals surface area contributed by atoms with Gasteiger partial charge < -0.3 is 14.9 Å². The monoisotopic (exact) mass is 185 g/mol. The number of aromatic nitrogens is 2. The second-order valence-corrected chi connectivity index (χ2v) is 2.77. The van der Waals surface area contributed by atoms with Gasteiger partial charge in [0.25, 0.3) is 0 Å². The fourth-order valence-corrected chi connectivity index (χ4v) is 1.09. The number of amides is 1. The maximum absolute atomic E-state index is 10.8. The zero-order valence-corrected chi connectivity index (χ0v) is 7.65. The predicted molar refractivity (Wildman–Crippen MR) is 48.3 cm³/mol. The van der Waals surface area contributed by atoms with E-state index in [1.165, 1.54) is 0 Å². The van der Waals surface area contributed by atoms with E-state index in [9.17, 15) is 4.79 Å². The van der Waals surface area contributed by atoms with Gasteiger partial charge in [0, 0.05) is 32.4 Å². The molecule has 5 heteroatoms. The number of carbonyl (C=O) groups excluding carboxylic acids is 1. The molecular weight excluding hydrogens is 174 g/mol. The molecule has 1 amide bonds. The van der Waals surface area contributed by atoms with Crippen LogP contribution in [0.15, 0.2) is 12.4 Å². The standard InChI is InChI=1S/C7H11N3OS/c1-8-6(11)2-4-10-5-3-9-7(10)12/h3,5H,2,4H2,1H3,(H,8,11)(H,9,12). The number of hydrogen-bond acceptors (Lipinski definition) is 2. The average Bonchev–Trinajstić information content (AvgIpc) is 2.47. The second kappa shape index (κ2) is 4.06. The molecule has 0 spiro atoms. The van der Waals surface area contributed by atoms with E-state index in [0.29, 0.717) is 17.7 Å². The molecule has 4 nitrogen and oxygen atoms in total. The van der Waals surface area contributed by atoms with E-state index in [-0.39, 0.29) is 5.91 Å². The van der Waals surface area contributed by atoms with Crippen molar-refractivity contribution in [2.24, 2.45) is 0 Å². The summed E-state index contributed by atoms with van der Waals surface area (Å²) in [7, 11) is 1.62. The van der Waals surface area contributed by atoms with Crippen LogP contribution in [-0.2, 0) is 11.3 Å². The van der Waals surface area contributed by atoms with E-state index < -0.39 is 0 Å².